The third kappa shape index (κ3) is 3.54. The van der Waals surface area contributed by atoms with Gasteiger partial charge in [0.1, 0.15) is 0 Å². The van der Waals surface area contributed by atoms with Crippen LogP contribution in [0.1, 0.15) is 45.0 Å². The largest absolute Gasteiger partial charge is 0.389 e. The predicted octanol–water partition coefficient (Wildman–Crippen LogP) is 2.63. The summed E-state index contributed by atoms with van der Waals surface area (Å²) in [5, 5.41) is 18.2. The van der Waals surface area contributed by atoms with Crippen LogP contribution in [0.15, 0.2) is 30.6 Å². The van der Waals surface area contributed by atoms with Gasteiger partial charge in [0, 0.05) is 30.0 Å². The van der Waals surface area contributed by atoms with Gasteiger partial charge in [-0.2, -0.15) is 5.10 Å². The highest BCUT2D eigenvalue weighted by atomic mass is 16.3. The number of pyridine rings is 1. The predicted molar refractivity (Wildman–Crippen MR) is 88.0 cm³/mol. The number of aromatic nitrogens is 3. The topological polar surface area (TPSA) is 63.0 Å². The third-order valence-corrected chi connectivity index (χ3v) is 4.39. The molecule has 0 bridgehead atoms. The molecule has 0 spiro atoms. The highest BCUT2D eigenvalue weighted by Gasteiger charge is 2.26. The number of hydrogen-bond acceptors (Lipinski definition) is 4. The van der Waals surface area contributed by atoms with E-state index in [1.807, 2.05) is 56.8 Å². The smallest absolute Gasteiger partial charge is 0.153 e. The van der Waals surface area contributed by atoms with Crippen molar-refractivity contribution in [3.05, 3.63) is 41.9 Å². The molecule has 2 aromatic heterocycles. The lowest BCUT2D eigenvalue weighted by Crippen LogP contribution is -2.43. The highest BCUT2D eigenvalue weighted by molar-refractivity contribution is 5.29. The van der Waals surface area contributed by atoms with E-state index in [1.54, 1.807) is 6.20 Å². The van der Waals surface area contributed by atoms with E-state index in [0.717, 1.165) is 17.1 Å². The fraction of sp³-hybridized carbons (Fsp3) is 0.529. The van der Waals surface area contributed by atoms with Crippen LogP contribution < -0.4 is 5.32 Å². The minimum Gasteiger partial charge on any atom is -0.389 e. The van der Waals surface area contributed by atoms with E-state index >= 15 is 0 Å². The molecule has 2 atom stereocenters. The Kier molecular flexibility index (Phi) is 4.98. The number of hydrogen-bond donors (Lipinski definition) is 2. The van der Waals surface area contributed by atoms with Gasteiger partial charge in [0.05, 0.1) is 11.8 Å². The Morgan fingerprint density at radius 1 is 1.32 bits per heavy atom. The van der Waals surface area contributed by atoms with E-state index in [1.165, 1.54) is 0 Å². The SMILES string of the molecule is Cc1c(C(C)NCC(C)(O)C(C)C)cnn1-c1ccccn1. The molecular formula is C17H26N4O. The standard InChI is InChI=1S/C17H26N4O/c1-12(2)17(5,22)11-19-13(3)15-10-20-21(14(15)4)16-8-6-7-9-18-16/h6-10,12-13,19,22H,11H2,1-5H3. The minimum atomic E-state index is -0.723. The van der Waals surface area contributed by atoms with Crippen LogP contribution >= 0.6 is 0 Å². The van der Waals surface area contributed by atoms with Crippen molar-refractivity contribution >= 4 is 0 Å². The quantitative estimate of drug-likeness (QED) is 0.861. The molecule has 2 rings (SSSR count). The van der Waals surface area contributed by atoms with Crippen molar-refractivity contribution in [2.45, 2.75) is 46.3 Å². The molecule has 2 aromatic rings. The molecule has 0 saturated carbocycles. The van der Waals surface area contributed by atoms with E-state index in [4.69, 9.17) is 0 Å². The number of rotatable bonds is 6. The first-order valence-corrected chi connectivity index (χ1v) is 7.74. The second-order valence-corrected chi connectivity index (χ2v) is 6.40. The van der Waals surface area contributed by atoms with Crippen LogP contribution in [0.3, 0.4) is 0 Å². The Hall–Kier alpha value is -1.72. The molecule has 0 aromatic carbocycles. The van der Waals surface area contributed by atoms with Gasteiger partial charge in [0.25, 0.3) is 0 Å². The first-order chi connectivity index (χ1) is 10.3. The lowest BCUT2D eigenvalue weighted by molar-refractivity contribution is 0.0122. The van der Waals surface area contributed by atoms with Crippen LogP contribution in [0.5, 0.6) is 0 Å². The zero-order chi connectivity index (χ0) is 16.3. The Bertz CT molecular complexity index is 604. The van der Waals surface area contributed by atoms with Gasteiger partial charge in [-0.15, -0.1) is 0 Å². The molecule has 0 aliphatic carbocycles. The zero-order valence-corrected chi connectivity index (χ0v) is 14.0. The Morgan fingerprint density at radius 2 is 2.05 bits per heavy atom. The van der Waals surface area contributed by atoms with E-state index < -0.39 is 5.60 Å². The van der Waals surface area contributed by atoms with E-state index in [0.29, 0.717) is 6.54 Å². The van der Waals surface area contributed by atoms with Gasteiger partial charge in [-0.05, 0) is 38.8 Å². The normalized spacial score (nSPS) is 15.8. The van der Waals surface area contributed by atoms with Crippen LogP contribution in [0, 0.1) is 12.8 Å². The van der Waals surface area contributed by atoms with Crippen LogP contribution in [-0.4, -0.2) is 32.0 Å². The third-order valence-electron chi connectivity index (χ3n) is 4.39. The summed E-state index contributed by atoms with van der Waals surface area (Å²) in [6.07, 6.45) is 3.63. The van der Waals surface area contributed by atoms with Gasteiger partial charge >= 0.3 is 0 Å². The lowest BCUT2D eigenvalue weighted by atomic mass is 9.92. The zero-order valence-electron chi connectivity index (χ0n) is 14.0. The van der Waals surface area contributed by atoms with E-state index in [2.05, 4.69) is 22.3 Å². The van der Waals surface area contributed by atoms with Crippen LogP contribution in [0.4, 0.5) is 0 Å². The summed E-state index contributed by atoms with van der Waals surface area (Å²) in [6.45, 7) is 10.6. The average molecular weight is 302 g/mol. The molecular weight excluding hydrogens is 276 g/mol. The molecule has 120 valence electrons. The molecule has 0 radical (unpaired) electrons. The maximum atomic E-state index is 10.3. The number of nitrogens with one attached hydrogen (secondary N) is 1. The molecule has 2 N–H and O–H groups in total. The summed E-state index contributed by atoms with van der Waals surface area (Å²) in [5.74, 6) is 1.01. The van der Waals surface area contributed by atoms with E-state index in [9.17, 15) is 5.11 Å². The van der Waals surface area contributed by atoms with E-state index in [-0.39, 0.29) is 12.0 Å². The molecule has 5 heteroatoms. The molecule has 0 aliphatic heterocycles. The van der Waals surface area contributed by atoms with Crippen molar-refractivity contribution in [2.24, 2.45) is 5.92 Å². The minimum absolute atomic E-state index is 0.114. The molecule has 0 saturated heterocycles. The molecule has 5 nitrogen and oxygen atoms in total. The molecule has 0 fully saturated rings. The summed E-state index contributed by atoms with van der Waals surface area (Å²) < 4.78 is 1.84. The Morgan fingerprint density at radius 3 is 2.64 bits per heavy atom. The van der Waals surface area contributed by atoms with Gasteiger partial charge < -0.3 is 10.4 Å². The first-order valence-electron chi connectivity index (χ1n) is 7.74. The second-order valence-electron chi connectivity index (χ2n) is 6.40. The number of aliphatic hydroxyl groups is 1. The van der Waals surface area contributed by atoms with Crippen molar-refractivity contribution in [3.63, 3.8) is 0 Å². The van der Waals surface area contributed by atoms with Gasteiger partial charge in [-0.3, -0.25) is 0 Å². The molecule has 0 aliphatic rings. The summed E-state index contributed by atoms with van der Waals surface area (Å²) in [5.41, 5.74) is 1.45. The average Bonchev–Trinajstić information content (AvgIpc) is 2.87. The van der Waals surface area contributed by atoms with Crippen molar-refractivity contribution in [2.75, 3.05) is 6.54 Å². The summed E-state index contributed by atoms with van der Waals surface area (Å²) in [4.78, 5) is 4.33. The Labute approximate surface area is 132 Å². The van der Waals surface area contributed by atoms with Gasteiger partial charge in [-0.1, -0.05) is 19.9 Å². The van der Waals surface area contributed by atoms with Crippen molar-refractivity contribution < 1.29 is 5.11 Å². The molecule has 0 amide bonds. The fourth-order valence-electron chi connectivity index (χ4n) is 2.23. The maximum Gasteiger partial charge on any atom is 0.153 e. The molecule has 22 heavy (non-hydrogen) atoms. The summed E-state index contributed by atoms with van der Waals surface area (Å²) in [6, 6.07) is 5.89. The summed E-state index contributed by atoms with van der Waals surface area (Å²) >= 11 is 0. The van der Waals surface area contributed by atoms with Gasteiger partial charge in [0.2, 0.25) is 0 Å². The summed E-state index contributed by atoms with van der Waals surface area (Å²) in [7, 11) is 0. The second kappa shape index (κ2) is 6.58. The lowest BCUT2D eigenvalue weighted by Gasteiger charge is -2.29. The highest BCUT2D eigenvalue weighted by Crippen LogP contribution is 2.21. The van der Waals surface area contributed by atoms with Crippen LogP contribution in [0.2, 0.25) is 0 Å². The van der Waals surface area contributed by atoms with Crippen molar-refractivity contribution in [3.8, 4) is 5.82 Å². The Balaban J connectivity index is 2.12. The molecule has 2 heterocycles. The van der Waals surface area contributed by atoms with Crippen molar-refractivity contribution in [1.82, 2.24) is 20.1 Å². The monoisotopic (exact) mass is 302 g/mol. The molecule has 2 unspecified atom stereocenters. The number of nitrogens with zero attached hydrogens (tertiary/aromatic N) is 3. The van der Waals surface area contributed by atoms with Gasteiger partial charge in [-0.25, -0.2) is 9.67 Å². The van der Waals surface area contributed by atoms with Crippen LogP contribution in [-0.2, 0) is 0 Å². The maximum absolute atomic E-state index is 10.3. The van der Waals surface area contributed by atoms with Crippen LogP contribution in [0.25, 0.3) is 5.82 Å². The first kappa shape index (κ1) is 16.6. The van der Waals surface area contributed by atoms with Gasteiger partial charge in [0.15, 0.2) is 5.82 Å². The van der Waals surface area contributed by atoms with Crippen molar-refractivity contribution in [1.29, 1.82) is 0 Å². The fourth-order valence-corrected chi connectivity index (χ4v) is 2.23.